The summed E-state index contributed by atoms with van der Waals surface area (Å²) in [5, 5.41) is 2.38. The molecule has 1 aromatic heterocycles. The van der Waals surface area contributed by atoms with Crippen LogP contribution in [0.5, 0.6) is 0 Å². The van der Waals surface area contributed by atoms with E-state index in [4.69, 9.17) is 23.2 Å². The highest BCUT2D eigenvalue weighted by Gasteiger charge is 2.02. The quantitative estimate of drug-likeness (QED) is 0.612. The minimum absolute atomic E-state index is 0.661. The third-order valence-electron chi connectivity index (χ3n) is 1.79. The van der Waals surface area contributed by atoms with Gasteiger partial charge in [-0.15, -0.1) is 0 Å². The fourth-order valence-electron chi connectivity index (χ4n) is 1.30. The number of benzene rings is 1. The van der Waals surface area contributed by atoms with Gasteiger partial charge in [0.1, 0.15) is 0 Å². The zero-order chi connectivity index (χ0) is 12.7. The van der Waals surface area contributed by atoms with E-state index in [1.165, 1.54) is 0 Å². The number of hydrogen-bond acceptors (Lipinski definition) is 0. The van der Waals surface area contributed by atoms with Crippen LogP contribution in [0.1, 0.15) is 33.4 Å². The molecule has 0 aliphatic carbocycles. The highest BCUT2D eigenvalue weighted by Crippen LogP contribution is 2.27. The molecule has 0 saturated heterocycles. The molecule has 0 spiro atoms. The molecule has 0 aliphatic rings. The Balaban J connectivity index is 0.000000509. The molecular weight excluding hydrogens is 241 g/mol. The van der Waals surface area contributed by atoms with Crippen LogP contribution in [-0.2, 0) is 0 Å². The first kappa shape index (κ1) is 15.3. The van der Waals surface area contributed by atoms with E-state index in [9.17, 15) is 0 Å². The molecule has 0 unspecified atom stereocenters. The van der Waals surface area contributed by atoms with E-state index in [-0.39, 0.29) is 0 Å². The topological polar surface area (TPSA) is 15.8 Å². The van der Waals surface area contributed by atoms with Crippen molar-refractivity contribution in [1.29, 1.82) is 0 Å². The van der Waals surface area contributed by atoms with Crippen molar-refractivity contribution in [2.45, 2.75) is 34.6 Å². The van der Waals surface area contributed by atoms with Crippen molar-refractivity contribution in [3.63, 3.8) is 0 Å². The van der Waals surface area contributed by atoms with Crippen molar-refractivity contribution in [2.75, 3.05) is 0 Å². The lowest BCUT2D eigenvalue weighted by atomic mass is 10.2. The Morgan fingerprint density at radius 2 is 1.50 bits per heavy atom. The molecule has 0 bridgehead atoms. The van der Waals surface area contributed by atoms with Crippen molar-refractivity contribution in [2.24, 2.45) is 0 Å². The van der Waals surface area contributed by atoms with Gasteiger partial charge in [-0.1, -0.05) is 50.9 Å². The van der Waals surface area contributed by atoms with Crippen LogP contribution in [-0.4, -0.2) is 4.98 Å². The average Bonchev–Trinajstić information content (AvgIpc) is 2.65. The SMILES string of the molecule is CC.CC.Cc1cc2c(Cl)cc(Cl)cc2[nH]1. The Morgan fingerprint density at radius 3 is 2.06 bits per heavy atom. The standard InChI is InChI=1S/C9H7Cl2N.2C2H6/c1-5-2-7-8(11)3-6(10)4-9(7)12-5;2*1-2/h2-4,12H,1H3;2*1-2H3. The molecule has 0 radical (unpaired) electrons. The predicted octanol–water partition coefficient (Wildman–Crippen LogP) is 5.84. The van der Waals surface area contributed by atoms with Crippen molar-refractivity contribution >= 4 is 34.1 Å². The number of halogens is 2. The zero-order valence-electron chi connectivity index (χ0n) is 10.5. The molecule has 2 aromatic rings. The summed E-state index contributed by atoms with van der Waals surface area (Å²) in [5.41, 5.74) is 2.08. The Morgan fingerprint density at radius 1 is 0.938 bits per heavy atom. The lowest BCUT2D eigenvalue weighted by Gasteiger charge is -1.94. The predicted molar refractivity (Wildman–Crippen MR) is 75.8 cm³/mol. The van der Waals surface area contributed by atoms with Gasteiger partial charge >= 0.3 is 0 Å². The Labute approximate surface area is 108 Å². The Kier molecular flexibility index (Phi) is 7.27. The van der Waals surface area contributed by atoms with Crippen LogP contribution in [0.2, 0.25) is 10.0 Å². The van der Waals surface area contributed by atoms with Crippen LogP contribution in [0.15, 0.2) is 18.2 Å². The summed E-state index contributed by atoms with van der Waals surface area (Å²) in [5.74, 6) is 0. The fraction of sp³-hybridized carbons (Fsp3) is 0.385. The van der Waals surface area contributed by atoms with Crippen molar-refractivity contribution in [3.8, 4) is 0 Å². The normalized spacial score (nSPS) is 8.94. The summed E-state index contributed by atoms with van der Waals surface area (Å²) < 4.78 is 0. The van der Waals surface area contributed by atoms with E-state index in [1.807, 2.05) is 46.8 Å². The number of aromatic nitrogens is 1. The number of H-pyrrole nitrogens is 1. The van der Waals surface area contributed by atoms with Crippen molar-refractivity contribution in [3.05, 3.63) is 33.9 Å². The second-order valence-electron chi connectivity index (χ2n) is 2.80. The molecule has 3 heteroatoms. The van der Waals surface area contributed by atoms with Crippen LogP contribution < -0.4 is 0 Å². The second kappa shape index (κ2) is 7.59. The highest BCUT2D eigenvalue weighted by atomic mass is 35.5. The summed E-state index contributed by atoms with van der Waals surface area (Å²) in [6, 6.07) is 5.63. The molecule has 90 valence electrons. The van der Waals surface area contributed by atoms with Crippen molar-refractivity contribution in [1.82, 2.24) is 4.98 Å². The molecule has 0 aliphatic heterocycles. The third kappa shape index (κ3) is 3.73. The molecule has 1 nitrogen and oxygen atoms in total. The first-order chi connectivity index (χ1) is 7.66. The van der Waals surface area contributed by atoms with Gasteiger partial charge in [0.2, 0.25) is 0 Å². The lowest BCUT2D eigenvalue weighted by molar-refractivity contribution is 1.30. The van der Waals surface area contributed by atoms with Gasteiger partial charge in [0.05, 0.1) is 5.02 Å². The maximum atomic E-state index is 5.97. The number of rotatable bonds is 0. The first-order valence-corrected chi connectivity index (χ1v) is 6.37. The van der Waals surface area contributed by atoms with Gasteiger partial charge in [-0.05, 0) is 25.1 Å². The third-order valence-corrected chi connectivity index (χ3v) is 2.32. The Bertz CT molecular complexity index is 433. The molecule has 0 fully saturated rings. The molecule has 0 saturated carbocycles. The number of nitrogens with one attached hydrogen (secondary N) is 1. The molecule has 1 N–H and O–H groups in total. The largest absolute Gasteiger partial charge is 0.359 e. The summed E-state index contributed by atoms with van der Waals surface area (Å²) in [6.07, 6.45) is 0. The molecule has 1 aromatic carbocycles. The van der Waals surface area contributed by atoms with Gasteiger partial charge < -0.3 is 4.98 Å². The lowest BCUT2D eigenvalue weighted by Crippen LogP contribution is -1.70. The smallest absolute Gasteiger partial charge is 0.0514 e. The van der Waals surface area contributed by atoms with Crippen LogP contribution in [0.25, 0.3) is 10.9 Å². The fourth-order valence-corrected chi connectivity index (χ4v) is 1.85. The summed E-state index contributed by atoms with van der Waals surface area (Å²) >= 11 is 11.8. The molecule has 2 rings (SSSR count). The first-order valence-electron chi connectivity index (χ1n) is 5.61. The van der Waals surface area contributed by atoms with E-state index >= 15 is 0 Å². The molecule has 0 atom stereocenters. The van der Waals surface area contributed by atoms with Gasteiger partial charge in [0.25, 0.3) is 0 Å². The van der Waals surface area contributed by atoms with Gasteiger partial charge in [0, 0.05) is 21.6 Å². The number of hydrogen-bond donors (Lipinski definition) is 1. The maximum Gasteiger partial charge on any atom is 0.0514 e. The van der Waals surface area contributed by atoms with E-state index in [0.717, 1.165) is 16.6 Å². The second-order valence-corrected chi connectivity index (χ2v) is 3.64. The molecule has 1 heterocycles. The minimum Gasteiger partial charge on any atom is -0.359 e. The summed E-state index contributed by atoms with van der Waals surface area (Å²) in [6.45, 7) is 9.99. The highest BCUT2D eigenvalue weighted by molar-refractivity contribution is 6.38. The van der Waals surface area contributed by atoms with Crippen molar-refractivity contribution < 1.29 is 0 Å². The summed E-state index contributed by atoms with van der Waals surface area (Å²) in [4.78, 5) is 3.17. The number of aromatic amines is 1. The molecule has 16 heavy (non-hydrogen) atoms. The van der Waals surface area contributed by atoms with Gasteiger partial charge in [-0.3, -0.25) is 0 Å². The van der Waals surface area contributed by atoms with Gasteiger partial charge in [0.15, 0.2) is 0 Å². The number of fused-ring (bicyclic) bond motifs is 1. The van der Waals surface area contributed by atoms with Gasteiger partial charge in [-0.2, -0.15) is 0 Å². The van der Waals surface area contributed by atoms with Gasteiger partial charge in [-0.25, -0.2) is 0 Å². The van der Waals surface area contributed by atoms with Crippen LogP contribution in [0.3, 0.4) is 0 Å². The van der Waals surface area contributed by atoms with E-state index in [0.29, 0.717) is 10.0 Å². The van der Waals surface area contributed by atoms with Crippen LogP contribution >= 0.6 is 23.2 Å². The van der Waals surface area contributed by atoms with E-state index in [2.05, 4.69) is 4.98 Å². The van der Waals surface area contributed by atoms with E-state index in [1.54, 1.807) is 6.07 Å². The average molecular weight is 260 g/mol. The molecular formula is C13H19Cl2N. The minimum atomic E-state index is 0.661. The monoisotopic (exact) mass is 259 g/mol. The Hall–Kier alpha value is -0.660. The van der Waals surface area contributed by atoms with Crippen LogP contribution in [0.4, 0.5) is 0 Å². The molecule has 0 amide bonds. The van der Waals surface area contributed by atoms with E-state index < -0.39 is 0 Å². The maximum absolute atomic E-state index is 5.97. The zero-order valence-corrected chi connectivity index (χ0v) is 12.0. The number of aryl methyl sites for hydroxylation is 1. The van der Waals surface area contributed by atoms with Crippen LogP contribution in [0, 0.1) is 6.92 Å². The summed E-state index contributed by atoms with van der Waals surface area (Å²) in [7, 11) is 0.